The van der Waals surface area contributed by atoms with Crippen molar-refractivity contribution in [3.8, 4) is 17.6 Å². The van der Waals surface area contributed by atoms with Gasteiger partial charge in [0.05, 0.1) is 25.1 Å². The monoisotopic (exact) mass is 471 g/mol. The normalized spacial score (nSPS) is 22.8. The van der Waals surface area contributed by atoms with E-state index in [-0.39, 0.29) is 28.5 Å². The molecule has 1 aromatic heterocycles. The van der Waals surface area contributed by atoms with Crippen molar-refractivity contribution in [2.24, 2.45) is 16.8 Å². The van der Waals surface area contributed by atoms with E-state index >= 15 is 4.39 Å². The zero-order chi connectivity index (χ0) is 23.4. The van der Waals surface area contributed by atoms with Crippen molar-refractivity contribution in [3.63, 3.8) is 0 Å². The number of methoxy groups -OCH3 is 1. The summed E-state index contributed by atoms with van der Waals surface area (Å²) in [5, 5.41) is 25.2. The van der Waals surface area contributed by atoms with Gasteiger partial charge in [0.2, 0.25) is 0 Å². The van der Waals surface area contributed by atoms with E-state index in [0.717, 1.165) is 34.8 Å². The zero-order valence-corrected chi connectivity index (χ0v) is 19.6. The number of nitrogens with zero attached hydrogens (tertiary/aromatic N) is 4. The van der Waals surface area contributed by atoms with Crippen LogP contribution in [0.25, 0.3) is 0 Å². The molecule has 0 spiro atoms. The second-order valence-corrected chi connectivity index (χ2v) is 9.69. The van der Waals surface area contributed by atoms with Crippen LogP contribution < -0.4 is 20.3 Å². The van der Waals surface area contributed by atoms with Gasteiger partial charge in [0, 0.05) is 36.5 Å². The van der Waals surface area contributed by atoms with Crippen LogP contribution in [0, 0.1) is 23.1 Å². The Labute approximate surface area is 195 Å². The van der Waals surface area contributed by atoms with Crippen molar-refractivity contribution in [1.29, 1.82) is 5.26 Å². The molecule has 33 heavy (non-hydrogen) atoms. The Balaban J connectivity index is 1.70. The van der Waals surface area contributed by atoms with E-state index in [0.29, 0.717) is 36.6 Å². The van der Waals surface area contributed by atoms with E-state index in [1.54, 1.807) is 13.2 Å². The summed E-state index contributed by atoms with van der Waals surface area (Å²) < 4.78 is 21.6. The van der Waals surface area contributed by atoms with E-state index < -0.39 is 5.82 Å². The first-order valence-electron chi connectivity index (χ1n) is 10.9. The minimum Gasteiger partial charge on any atom is -0.505 e. The van der Waals surface area contributed by atoms with Crippen molar-refractivity contribution in [2.75, 3.05) is 43.7 Å². The molecule has 174 valence electrons. The molecule has 1 aliphatic carbocycles. The number of nitrogens with two attached hydrogens (primary N) is 1. The molecule has 0 amide bonds. The molecule has 1 saturated carbocycles. The highest BCUT2D eigenvalue weighted by atomic mass is 32.1. The second kappa shape index (κ2) is 8.08. The van der Waals surface area contributed by atoms with Crippen LogP contribution in [0.4, 0.5) is 20.8 Å². The van der Waals surface area contributed by atoms with Crippen LogP contribution in [0.15, 0.2) is 11.2 Å². The molecule has 3 aliphatic rings. The maximum Gasteiger partial charge on any atom is 0.169 e. The molecule has 2 aliphatic heterocycles. The molecule has 3 heterocycles. The van der Waals surface area contributed by atoms with E-state index in [1.807, 2.05) is 11.8 Å². The van der Waals surface area contributed by atoms with Crippen molar-refractivity contribution in [3.05, 3.63) is 27.9 Å². The molecule has 2 unspecified atom stereocenters. The summed E-state index contributed by atoms with van der Waals surface area (Å²) in [6.45, 7) is 3.21. The number of halogens is 1. The Morgan fingerprint density at radius 2 is 2.12 bits per heavy atom. The molecule has 1 aromatic carbocycles. The van der Waals surface area contributed by atoms with Crippen LogP contribution in [0.5, 0.6) is 11.5 Å². The van der Waals surface area contributed by atoms with Crippen molar-refractivity contribution < 1.29 is 19.1 Å². The molecule has 1 saturated heterocycles. The molecule has 2 aromatic rings. The first-order chi connectivity index (χ1) is 15.9. The summed E-state index contributed by atoms with van der Waals surface area (Å²) in [6.07, 6.45) is 1.96. The molecule has 10 heteroatoms. The summed E-state index contributed by atoms with van der Waals surface area (Å²) in [4.78, 5) is 9.29. The van der Waals surface area contributed by atoms with E-state index in [4.69, 9.17) is 15.3 Å². The number of oxime groups is 1. The fraction of sp³-hybridized carbons (Fsp3) is 0.478. The maximum atomic E-state index is 15.7. The highest BCUT2D eigenvalue weighted by Gasteiger charge is 2.44. The number of ether oxygens (including phenoxy) is 1. The maximum absolute atomic E-state index is 15.7. The summed E-state index contributed by atoms with van der Waals surface area (Å²) in [5.41, 5.74) is 9.32. The molecule has 2 atom stereocenters. The minimum absolute atomic E-state index is 0.00417. The number of anilines is 3. The van der Waals surface area contributed by atoms with Crippen LogP contribution >= 0.6 is 11.3 Å². The summed E-state index contributed by atoms with van der Waals surface area (Å²) >= 11 is 1.28. The van der Waals surface area contributed by atoms with Gasteiger partial charge in [-0.15, -0.1) is 11.3 Å². The molecular formula is C23H26FN5O3S. The van der Waals surface area contributed by atoms with Gasteiger partial charge in [0.1, 0.15) is 34.5 Å². The van der Waals surface area contributed by atoms with Gasteiger partial charge < -0.3 is 30.2 Å². The van der Waals surface area contributed by atoms with E-state index in [2.05, 4.69) is 16.1 Å². The van der Waals surface area contributed by atoms with Crippen LogP contribution in [-0.2, 0) is 4.84 Å². The van der Waals surface area contributed by atoms with E-state index in [9.17, 15) is 10.4 Å². The number of rotatable bonds is 5. The van der Waals surface area contributed by atoms with E-state index in [1.165, 1.54) is 18.4 Å². The molecule has 0 radical (unpaired) electrons. The number of hydrogen-bond acceptors (Lipinski definition) is 9. The standard InChI is InChI=1S/C23H26FN5O3S/c1-11-14-6-15(24)20(28-9-12(7-25)16(10-28)27-32-3)22(31-2)19(14)29(13-4-5-13)23-18(11)21(30)17(8-26)33-23/h6,11-13,30H,4-5,7,9-10,25H2,1-3H3/b27-16+. The number of hydrogen-bond donors (Lipinski definition) is 2. The number of nitriles is 1. The topological polar surface area (TPSA) is 107 Å². The molecule has 8 nitrogen and oxygen atoms in total. The third-order valence-electron chi connectivity index (χ3n) is 6.76. The molecule has 2 fully saturated rings. The quantitative estimate of drug-likeness (QED) is 0.641. The third kappa shape index (κ3) is 3.21. The number of fused-ring (bicyclic) bond motifs is 2. The molecule has 3 N–H and O–H groups in total. The molecule has 0 bridgehead atoms. The summed E-state index contributed by atoms with van der Waals surface area (Å²) in [6, 6.07) is 3.85. The lowest BCUT2D eigenvalue weighted by Crippen LogP contribution is -2.29. The lowest BCUT2D eigenvalue weighted by Gasteiger charge is -2.37. The minimum atomic E-state index is -0.402. The fourth-order valence-corrected chi connectivity index (χ4v) is 6.23. The Hall–Kier alpha value is -3.03. The SMILES string of the molecule is CO/N=C1\CN(c2c(F)cc3c(c2OC)N(C2CC2)c2sc(C#N)c(O)c2C3C)CC1CN. The van der Waals surface area contributed by atoms with Gasteiger partial charge in [-0.2, -0.15) is 5.26 Å². The average Bonchev–Trinajstić information content (AvgIpc) is 3.48. The molecular weight excluding hydrogens is 445 g/mol. The number of benzene rings is 1. The predicted molar refractivity (Wildman–Crippen MR) is 126 cm³/mol. The molecule has 5 rings (SSSR count). The van der Waals surface area contributed by atoms with Crippen LogP contribution in [0.1, 0.15) is 41.7 Å². The highest BCUT2D eigenvalue weighted by Crippen LogP contribution is 2.60. The van der Waals surface area contributed by atoms with Gasteiger partial charge in [-0.1, -0.05) is 12.1 Å². The number of aromatic hydroxyl groups is 1. The summed E-state index contributed by atoms with van der Waals surface area (Å²) in [7, 11) is 3.04. The Morgan fingerprint density at radius 3 is 2.73 bits per heavy atom. The van der Waals surface area contributed by atoms with Gasteiger partial charge in [-0.25, -0.2) is 4.39 Å². The third-order valence-corrected chi connectivity index (χ3v) is 7.86. The first-order valence-corrected chi connectivity index (χ1v) is 11.8. The Morgan fingerprint density at radius 1 is 1.36 bits per heavy atom. The average molecular weight is 472 g/mol. The lowest BCUT2D eigenvalue weighted by molar-refractivity contribution is 0.211. The largest absolute Gasteiger partial charge is 0.505 e. The van der Waals surface area contributed by atoms with Gasteiger partial charge >= 0.3 is 0 Å². The Kier molecular flexibility index (Phi) is 5.34. The zero-order valence-electron chi connectivity index (χ0n) is 18.8. The Bertz CT molecular complexity index is 1190. The predicted octanol–water partition coefficient (Wildman–Crippen LogP) is 3.64. The first kappa shape index (κ1) is 21.8. The van der Waals surface area contributed by atoms with Gasteiger partial charge in [-0.3, -0.25) is 0 Å². The van der Waals surface area contributed by atoms with Crippen molar-refractivity contribution in [1.82, 2.24) is 0 Å². The van der Waals surface area contributed by atoms with Crippen molar-refractivity contribution in [2.45, 2.75) is 31.7 Å². The van der Waals surface area contributed by atoms with Gasteiger partial charge in [0.25, 0.3) is 0 Å². The second-order valence-electron chi connectivity index (χ2n) is 8.69. The van der Waals surface area contributed by atoms with Gasteiger partial charge in [0.15, 0.2) is 11.6 Å². The smallest absolute Gasteiger partial charge is 0.169 e. The fourth-order valence-electron chi connectivity index (χ4n) is 5.06. The van der Waals surface area contributed by atoms with Crippen LogP contribution in [0.2, 0.25) is 0 Å². The van der Waals surface area contributed by atoms with Crippen molar-refractivity contribution >= 4 is 33.4 Å². The highest BCUT2D eigenvalue weighted by molar-refractivity contribution is 7.17. The van der Waals surface area contributed by atoms with Gasteiger partial charge in [-0.05, 0) is 24.5 Å². The lowest BCUT2D eigenvalue weighted by atomic mass is 9.87. The number of thiophene rings is 1. The summed E-state index contributed by atoms with van der Waals surface area (Å²) in [5.74, 6) is -0.281. The van der Waals surface area contributed by atoms with Crippen LogP contribution in [-0.4, -0.2) is 50.7 Å². The van der Waals surface area contributed by atoms with Crippen LogP contribution in [0.3, 0.4) is 0 Å².